The molecule has 0 saturated carbocycles. The first-order valence-corrected chi connectivity index (χ1v) is 7.48. The molecule has 3 N–H and O–H groups in total. The maximum absolute atomic E-state index is 6.27. The summed E-state index contributed by atoms with van der Waals surface area (Å²) in [7, 11) is 3.26. The highest BCUT2D eigenvalue weighted by molar-refractivity contribution is 5.81. The number of aromatic nitrogens is 3. The van der Waals surface area contributed by atoms with Crippen molar-refractivity contribution < 1.29 is 9.47 Å². The lowest BCUT2D eigenvalue weighted by molar-refractivity contribution is 0.184. The number of nitrogen functional groups attached to an aromatic ring is 1. The highest BCUT2D eigenvalue weighted by Crippen LogP contribution is 2.31. The Kier molecular flexibility index (Phi) is 5.70. The van der Waals surface area contributed by atoms with E-state index < -0.39 is 0 Å². The van der Waals surface area contributed by atoms with Gasteiger partial charge in [-0.15, -0.1) is 0 Å². The molecule has 7 nitrogen and oxygen atoms in total. The Morgan fingerprint density at radius 2 is 2.04 bits per heavy atom. The lowest BCUT2D eigenvalue weighted by atomic mass is 10.1. The lowest BCUT2D eigenvalue weighted by Gasteiger charge is -2.18. The standard InChI is InChI=1S/C16H23N5O2/c1-5-11(8-22-3)21-16-14(17)15(18-9-19-16)12-6-7-13(23-4)20-10(12)2/h6-7,9,11H,5,8,17H2,1-4H3,(H,18,19,21)/t11-/m1/s1. The topological polar surface area (TPSA) is 95.2 Å². The summed E-state index contributed by atoms with van der Waals surface area (Å²) in [6, 6.07) is 3.83. The molecule has 0 radical (unpaired) electrons. The summed E-state index contributed by atoms with van der Waals surface area (Å²) in [6.07, 6.45) is 2.40. The van der Waals surface area contributed by atoms with Crippen molar-refractivity contribution in [1.82, 2.24) is 15.0 Å². The zero-order valence-corrected chi connectivity index (χ0v) is 14.0. The number of hydrogen-bond acceptors (Lipinski definition) is 7. The number of rotatable bonds is 7. The van der Waals surface area contributed by atoms with E-state index in [1.54, 1.807) is 20.3 Å². The number of ether oxygens (including phenoxy) is 2. The molecule has 2 aromatic heterocycles. The zero-order valence-electron chi connectivity index (χ0n) is 14.0. The second-order valence-corrected chi connectivity index (χ2v) is 5.18. The number of pyridine rings is 1. The van der Waals surface area contributed by atoms with Gasteiger partial charge in [0, 0.05) is 18.7 Å². The number of anilines is 2. The van der Waals surface area contributed by atoms with E-state index in [2.05, 4.69) is 27.2 Å². The van der Waals surface area contributed by atoms with Gasteiger partial charge in [-0.1, -0.05) is 6.92 Å². The molecule has 0 bridgehead atoms. The first kappa shape index (κ1) is 17.0. The number of hydrogen-bond donors (Lipinski definition) is 2. The van der Waals surface area contributed by atoms with Crippen molar-refractivity contribution in [2.45, 2.75) is 26.3 Å². The van der Waals surface area contributed by atoms with Crippen molar-refractivity contribution in [2.24, 2.45) is 0 Å². The number of nitrogens with one attached hydrogen (secondary N) is 1. The molecule has 0 amide bonds. The predicted molar refractivity (Wildman–Crippen MR) is 90.5 cm³/mol. The molecule has 0 fully saturated rings. The number of nitrogens with zero attached hydrogens (tertiary/aromatic N) is 3. The van der Waals surface area contributed by atoms with E-state index in [0.29, 0.717) is 29.7 Å². The summed E-state index contributed by atoms with van der Waals surface area (Å²) in [6.45, 7) is 4.55. The van der Waals surface area contributed by atoms with E-state index in [1.165, 1.54) is 6.33 Å². The van der Waals surface area contributed by atoms with Crippen LogP contribution in [0.4, 0.5) is 11.5 Å². The van der Waals surface area contributed by atoms with Gasteiger partial charge in [0.2, 0.25) is 5.88 Å². The fourth-order valence-corrected chi connectivity index (χ4v) is 2.28. The Bertz CT molecular complexity index is 663. The number of methoxy groups -OCH3 is 2. The smallest absolute Gasteiger partial charge is 0.213 e. The fraction of sp³-hybridized carbons (Fsp3) is 0.438. The molecule has 124 valence electrons. The minimum absolute atomic E-state index is 0.139. The third-order valence-electron chi connectivity index (χ3n) is 3.61. The Morgan fingerprint density at radius 1 is 1.26 bits per heavy atom. The van der Waals surface area contributed by atoms with E-state index in [-0.39, 0.29) is 6.04 Å². The summed E-state index contributed by atoms with van der Waals surface area (Å²) in [5.41, 5.74) is 9.07. The Morgan fingerprint density at radius 3 is 2.65 bits per heavy atom. The van der Waals surface area contributed by atoms with Crippen LogP contribution in [-0.4, -0.2) is 41.8 Å². The molecule has 0 aliphatic rings. The third kappa shape index (κ3) is 3.87. The summed E-state index contributed by atoms with van der Waals surface area (Å²) in [5, 5.41) is 3.30. The molecule has 7 heteroatoms. The first-order chi connectivity index (χ1) is 11.1. The summed E-state index contributed by atoms with van der Waals surface area (Å²) >= 11 is 0. The van der Waals surface area contributed by atoms with Crippen molar-refractivity contribution >= 4 is 11.5 Å². The normalized spacial score (nSPS) is 12.0. The van der Waals surface area contributed by atoms with Crippen molar-refractivity contribution in [1.29, 1.82) is 0 Å². The van der Waals surface area contributed by atoms with Gasteiger partial charge in [0.1, 0.15) is 17.7 Å². The maximum Gasteiger partial charge on any atom is 0.213 e. The highest BCUT2D eigenvalue weighted by atomic mass is 16.5. The van der Waals surface area contributed by atoms with Gasteiger partial charge in [-0.3, -0.25) is 0 Å². The molecule has 0 saturated heterocycles. The van der Waals surface area contributed by atoms with Gasteiger partial charge in [-0.2, -0.15) is 0 Å². The van der Waals surface area contributed by atoms with Crippen molar-refractivity contribution in [2.75, 3.05) is 31.9 Å². The van der Waals surface area contributed by atoms with Crippen LogP contribution in [0.3, 0.4) is 0 Å². The van der Waals surface area contributed by atoms with Gasteiger partial charge in [0.15, 0.2) is 5.82 Å². The Labute approximate surface area is 136 Å². The quantitative estimate of drug-likeness (QED) is 0.808. The van der Waals surface area contributed by atoms with Gasteiger partial charge in [-0.05, 0) is 19.4 Å². The van der Waals surface area contributed by atoms with Crippen LogP contribution in [0.2, 0.25) is 0 Å². The molecule has 2 rings (SSSR count). The third-order valence-corrected chi connectivity index (χ3v) is 3.61. The van der Waals surface area contributed by atoms with E-state index in [9.17, 15) is 0 Å². The van der Waals surface area contributed by atoms with Gasteiger partial charge in [0.05, 0.1) is 25.5 Å². The molecule has 0 aliphatic carbocycles. The lowest BCUT2D eigenvalue weighted by Crippen LogP contribution is -2.25. The number of nitrogens with two attached hydrogens (primary N) is 1. The predicted octanol–water partition coefficient (Wildman–Crippen LogP) is 2.27. The van der Waals surface area contributed by atoms with Crippen LogP contribution in [0.15, 0.2) is 18.5 Å². The monoisotopic (exact) mass is 317 g/mol. The first-order valence-electron chi connectivity index (χ1n) is 7.48. The second kappa shape index (κ2) is 7.73. The van der Waals surface area contributed by atoms with Crippen molar-refractivity contribution in [3.8, 4) is 17.1 Å². The van der Waals surface area contributed by atoms with Crippen LogP contribution in [-0.2, 0) is 4.74 Å². The van der Waals surface area contributed by atoms with Crippen LogP contribution in [0.1, 0.15) is 19.0 Å². The summed E-state index contributed by atoms with van der Waals surface area (Å²) < 4.78 is 10.3. The minimum atomic E-state index is 0.139. The van der Waals surface area contributed by atoms with Gasteiger partial charge in [0.25, 0.3) is 0 Å². The van der Waals surface area contributed by atoms with E-state index in [1.807, 2.05) is 13.0 Å². The molecule has 23 heavy (non-hydrogen) atoms. The largest absolute Gasteiger partial charge is 0.481 e. The Hall–Kier alpha value is -2.41. The molecule has 2 aromatic rings. The molecule has 0 spiro atoms. The molecule has 0 unspecified atom stereocenters. The van der Waals surface area contributed by atoms with Crippen molar-refractivity contribution in [3.05, 3.63) is 24.2 Å². The SMILES string of the molecule is CC[C@H](COC)Nc1ncnc(-c2ccc(OC)nc2C)c1N. The average molecular weight is 317 g/mol. The molecular weight excluding hydrogens is 294 g/mol. The molecular formula is C16H23N5O2. The van der Waals surface area contributed by atoms with Gasteiger partial charge >= 0.3 is 0 Å². The van der Waals surface area contributed by atoms with Gasteiger partial charge in [-0.25, -0.2) is 15.0 Å². The Balaban J connectivity index is 2.36. The molecule has 1 atom stereocenters. The van der Waals surface area contributed by atoms with Crippen LogP contribution in [0.25, 0.3) is 11.3 Å². The number of aryl methyl sites for hydroxylation is 1. The van der Waals surface area contributed by atoms with Gasteiger partial charge < -0.3 is 20.5 Å². The maximum atomic E-state index is 6.27. The minimum Gasteiger partial charge on any atom is -0.481 e. The van der Waals surface area contributed by atoms with Crippen LogP contribution in [0, 0.1) is 6.92 Å². The summed E-state index contributed by atoms with van der Waals surface area (Å²) in [4.78, 5) is 12.9. The highest BCUT2D eigenvalue weighted by Gasteiger charge is 2.15. The van der Waals surface area contributed by atoms with Crippen LogP contribution in [0.5, 0.6) is 5.88 Å². The zero-order chi connectivity index (χ0) is 16.8. The fourth-order valence-electron chi connectivity index (χ4n) is 2.28. The van der Waals surface area contributed by atoms with Crippen LogP contribution < -0.4 is 15.8 Å². The van der Waals surface area contributed by atoms with Crippen molar-refractivity contribution in [3.63, 3.8) is 0 Å². The average Bonchev–Trinajstić information content (AvgIpc) is 2.56. The van der Waals surface area contributed by atoms with E-state index >= 15 is 0 Å². The second-order valence-electron chi connectivity index (χ2n) is 5.18. The molecule has 0 aromatic carbocycles. The van der Waals surface area contributed by atoms with E-state index in [0.717, 1.165) is 17.7 Å². The molecule has 0 aliphatic heterocycles. The summed E-state index contributed by atoms with van der Waals surface area (Å²) in [5.74, 6) is 1.16. The van der Waals surface area contributed by atoms with Crippen LogP contribution >= 0.6 is 0 Å². The molecule has 2 heterocycles. The van der Waals surface area contributed by atoms with E-state index in [4.69, 9.17) is 15.2 Å².